The Balaban J connectivity index is 1.98. The first kappa shape index (κ1) is 10.2. The van der Waals surface area contributed by atoms with Crippen LogP contribution in [0.5, 0.6) is 0 Å². The van der Waals surface area contributed by atoms with Crippen molar-refractivity contribution in [2.45, 2.75) is 19.0 Å². The minimum Gasteiger partial charge on any atom is -0.253 e. The van der Waals surface area contributed by atoms with E-state index in [-0.39, 0.29) is 5.66 Å². The molecule has 0 aliphatic carbocycles. The molecule has 3 rings (SSSR count). The van der Waals surface area contributed by atoms with Crippen molar-refractivity contribution in [2.75, 3.05) is 0 Å². The second-order valence-electron chi connectivity index (χ2n) is 4.59. The van der Waals surface area contributed by atoms with E-state index in [2.05, 4.69) is 31.2 Å². The van der Waals surface area contributed by atoms with Crippen LogP contribution in [0.1, 0.15) is 12.5 Å². The number of fused-ring (bicyclic) bond motifs is 1. The first-order valence-corrected chi connectivity index (χ1v) is 5.84. The Hall–Kier alpha value is -1.96. The predicted octanol–water partition coefficient (Wildman–Crippen LogP) is 1.90. The Morgan fingerprint density at radius 1 is 0.824 bits per heavy atom. The summed E-state index contributed by atoms with van der Waals surface area (Å²) in [6.07, 6.45) is 0.850. The summed E-state index contributed by atoms with van der Waals surface area (Å²) in [6.45, 7) is 2.08. The van der Waals surface area contributed by atoms with E-state index in [1.165, 1.54) is 5.56 Å². The third-order valence-corrected chi connectivity index (χ3v) is 2.99. The van der Waals surface area contributed by atoms with E-state index in [4.69, 9.17) is 9.98 Å². The van der Waals surface area contributed by atoms with Crippen molar-refractivity contribution in [3.8, 4) is 0 Å². The fraction of sp³-hybridized carbons (Fsp3) is 0.200. The molecule has 2 aromatic rings. The van der Waals surface area contributed by atoms with Gasteiger partial charge in [-0.3, -0.25) is 9.98 Å². The zero-order valence-corrected chi connectivity index (χ0v) is 9.80. The second-order valence-corrected chi connectivity index (χ2v) is 4.59. The largest absolute Gasteiger partial charge is 0.253 e. The van der Waals surface area contributed by atoms with Crippen LogP contribution in [0.4, 0.5) is 0 Å². The van der Waals surface area contributed by atoms with Gasteiger partial charge < -0.3 is 0 Å². The first-order valence-electron chi connectivity index (χ1n) is 5.84. The molecule has 0 unspecified atom stereocenters. The molecule has 1 heterocycles. The van der Waals surface area contributed by atoms with E-state index < -0.39 is 0 Å². The molecule has 1 aliphatic rings. The summed E-state index contributed by atoms with van der Waals surface area (Å²) < 4.78 is 0. The van der Waals surface area contributed by atoms with Gasteiger partial charge in [-0.2, -0.15) is 0 Å². The first-order chi connectivity index (χ1) is 8.25. The van der Waals surface area contributed by atoms with Gasteiger partial charge >= 0.3 is 0 Å². The summed E-state index contributed by atoms with van der Waals surface area (Å²) in [7, 11) is 0. The highest BCUT2D eigenvalue weighted by Gasteiger charge is 2.24. The molecule has 17 heavy (non-hydrogen) atoms. The summed E-state index contributed by atoms with van der Waals surface area (Å²) in [5.74, 6) is 0. The second kappa shape index (κ2) is 3.81. The van der Waals surface area contributed by atoms with Crippen LogP contribution in [0.2, 0.25) is 0 Å². The van der Waals surface area contributed by atoms with Crippen molar-refractivity contribution in [1.82, 2.24) is 0 Å². The molecule has 0 bridgehead atoms. The quantitative estimate of drug-likeness (QED) is 0.741. The fourth-order valence-corrected chi connectivity index (χ4v) is 2.26. The Morgan fingerprint density at radius 2 is 1.35 bits per heavy atom. The molecule has 1 aliphatic heterocycles. The van der Waals surface area contributed by atoms with Gasteiger partial charge in [0.25, 0.3) is 0 Å². The monoisotopic (exact) mass is 222 g/mol. The van der Waals surface area contributed by atoms with Crippen LogP contribution < -0.4 is 10.7 Å². The molecule has 0 saturated carbocycles. The van der Waals surface area contributed by atoms with Crippen molar-refractivity contribution >= 4 is 0 Å². The molecule has 0 atom stereocenters. The standard InChI is InChI=1S/C15H14N2/c1-15(11-12-7-3-2-4-8-12)16-13-9-5-6-10-14(13)17-15/h2-10H,11H2,1H3. The van der Waals surface area contributed by atoms with E-state index in [0.717, 1.165) is 17.1 Å². The highest BCUT2D eigenvalue weighted by Crippen LogP contribution is 2.19. The molecule has 0 aromatic heterocycles. The van der Waals surface area contributed by atoms with E-state index in [9.17, 15) is 0 Å². The average Bonchev–Trinajstić information content (AvgIpc) is 2.66. The number of nitrogens with zero attached hydrogens (tertiary/aromatic N) is 2. The zero-order valence-electron chi connectivity index (χ0n) is 9.80. The number of rotatable bonds is 2. The van der Waals surface area contributed by atoms with Crippen LogP contribution in [0, 0.1) is 0 Å². The molecule has 0 radical (unpaired) electrons. The summed E-state index contributed by atoms with van der Waals surface area (Å²) in [5.41, 5.74) is 0.931. The van der Waals surface area contributed by atoms with Gasteiger partial charge in [-0.1, -0.05) is 42.5 Å². The van der Waals surface area contributed by atoms with Crippen LogP contribution in [-0.4, -0.2) is 5.66 Å². The Morgan fingerprint density at radius 3 is 1.94 bits per heavy atom. The molecule has 0 saturated heterocycles. The van der Waals surface area contributed by atoms with Crippen molar-refractivity contribution < 1.29 is 0 Å². The highest BCUT2D eigenvalue weighted by atomic mass is 15.1. The van der Waals surface area contributed by atoms with E-state index >= 15 is 0 Å². The number of para-hydroxylation sites is 2. The Bertz CT molecular complexity index is 609. The van der Waals surface area contributed by atoms with Crippen molar-refractivity contribution in [2.24, 2.45) is 9.98 Å². The number of hydrogen-bond donors (Lipinski definition) is 0. The molecule has 0 amide bonds. The summed E-state index contributed by atoms with van der Waals surface area (Å²) in [4.78, 5) is 9.42. The lowest BCUT2D eigenvalue weighted by Gasteiger charge is -2.17. The summed E-state index contributed by atoms with van der Waals surface area (Å²) >= 11 is 0. The predicted molar refractivity (Wildman–Crippen MR) is 67.3 cm³/mol. The lowest BCUT2D eigenvalue weighted by molar-refractivity contribution is 0.490. The SMILES string of the molecule is CC1(Cc2ccccc2)N=c2ccccc2=N1. The summed E-state index contributed by atoms with van der Waals surface area (Å²) in [5, 5.41) is 2.01. The van der Waals surface area contributed by atoms with Crippen LogP contribution in [0.25, 0.3) is 0 Å². The van der Waals surface area contributed by atoms with Gasteiger partial charge in [0, 0.05) is 6.42 Å². The minimum atomic E-state index is -0.342. The van der Waals surface area contributed by atoms with Crippen LogP contribution in [0.3, 0.4) is 0 Å². The third-order valence-electron chi connectivity index (χ3n) is 2.99. The minimum absolute atomic E-state index is 0.342. The van der Waals surface area contributed by atoms with Crippen molar-refractivity contribution in [1.29, 1.82) is 0 Å². The summed E-state index contributed by atoms with van der Waals surface area (Å²) in [6, 6.07) is 18.5. The zero-order chi connectivity index (χ0) is 11.7. The van der Waals surface area contributed by atoms with Gasteiger partial charge in [-0.25, -0.2) is 0 Å². The molecule has 2 aromatic carbocycles. The molecular weight excluding hydrogens is 208 g/mol. The number of benzene rings is 2. The van der Waals surface area contributed by atoms with Gasteiger partial charge in [-0.15, -0.1) is 0 Å². The van der Waals surface area contributed by atoms with E-state index in [1.807, 2.05) is 30.3 Å². The topological polar surface area (TPSA) is 24.7 Å². The van der Waals surface area contributed by atoms with Gasteiger partial charge in [0.2, 0.25) is 0 Å². The Labute approximate surface area is 100 Å². The fourth-order valence-electron chi connectivity index (χ4n) is 2.26. The third kappa shape index (κ3) is 1.98. The molecule has 2 heteroatoms. The van der Waals surface area contributed by atoms with E-state index in [1.54, 1.807) is 0 Å². The average molecular weight is 222 g/mol. The van der Waals surface area contributed by atoms with Gasteiger partial charge in [-0.05, 0) is 24.6 Å². The lowest BCUT2D eigenvalue weighted by atomic mass is 10.0. The van der Waals surface area contributed by atoms with Crippen molar-refractivity contribution in [3.05, 3.63) is 70.9 Å². The lowest BCUT2D eigenvalue weighted by Crippen LogP contribution is -2.21. The molecule has 0 spiro atoms. The maximum Gasteiger partial charge on any atom is 0.152 e. The Kier molecular flexibility index (Phi) is 2.29. The van der Waals surface area contributed by atoms with Crippen molar-refractivity contribution in [3.63, 3.8) is 0 Å². The molecular formula is C15H14N2. The molecule has 0 fully saturated rings. The normalized spacial score (nSPS) is 15.8. The maximum atomic E-state index is 4.71. The van der Waals surface area contributed by atoms with Crippen LogP contribution >= 0.6 is 0 Å². The van der Waals surface area contributed by atoms with E-state index in [0.29, 0.717) is 0 Å². The number of hydrogen-bond acceptors (Lipinski definition) is 2. The van der Waals surface area contributed by atoms with Crippen LogP contribution in [0.15, 0.2) is 64.6 Å². The molecule has 0 N–H and O–H groups in total. The molecule has 2 nitrogen and oxygen atoms in total. The van der Waals surface area contributed by atoms with Crippen LogP contribution in [-0.2, 0) is 6.42 Å². The van der Waals surface area contributed by atoms with Gasteiger partial charge in [0.05, 0.1) is 10.7 Å². The smallest absolute Gasteiger partial charge is 0.152 e. The maximum absolute atomic E-state index is 4.71. The highest BCUT2D eigenvalue weighted by molar-refractivity contribution is 5.19. The molecule has 84 valence electrons. The van der Waals surface area contributed by atoms with Gasteiger partial charge in [0.1, 0.15) is 0 Å². The van der Waals surface area contributed by atoms with Gasteiger partial charge in [0.15, 0.2) is 5.66 Å².